The van der Waals surface area contributed by atoms with Crippen LogP contribution in [-0.4, -0.2) is 15.6 Å². The zero-order chi connectivity index (χ0) is 18.7. The number of hydrogen-bond acceptors (Lipinski definition) is 2. The molecular formula is C21H20BrClN2O. The van der Waals surface area contributed by atoms with Crippen LogP contribution in [0.4, 0.5) is 0 Å². The van der Waals surface area contributed by atoms with Gasteiger partial charge in [0, 0.05) is 27.0 Å². The molecule has 0 saturated carbocycles. The summed E-state index contributed by atoms with van der Waals surface area (Å²) in [7, 11) is 0. The second-order valence-electron chi connectivity index (χ2n) is 6.73. The summed E-state index contributed by atoms with van der Waals surface area (Å²) < 4.78 is 2.80. The first-order chi connectivity index (χ1) is 12.4. The van der Waals surface area contributed by atoms with Crippen LogP contribution in [0.1, 0.15) is 20.3 Å². The Morgan fingerprint density at radius 3 is 2.50 bits per heavy atom. The SMILES string of the molecule is CC(C)CC(=O)Cn1nc(-c2ccc(Br)cc2)cc1-c1cccc(Cl)c1. The number of halogens is 2. The Bertz CT molecular complexity index is 916. The molecule has 1 aromatic heterocycles. The van der Waals surface area contributed by atoms with Gasteiger partial charge in [0.25, 0.3) is 0 Å². The maximum Gasteiger partial charge on any atom is 0.154 e. The van der Waals surface area contributed by atoms with Crippen molar-refractivity contribution >= 4 is 33.3 Å². The third-order valence-electron chi connectivity index (χ3n) is 4.00. The molecule has 0 atom stereocenters. The van der Waals surface area contributed by atoms with Gasteiger partial charge >= 0.3 is 0 Å². The van der Waals surface area contributed by atoms with Gasteiger partial charge in [-0.05, 0) is 36.2 Å². The monoisotopic (exact) mass is 430 g/mol. The van der Waals surface area contributed by atoms with Crippen LogP contribution in [-0.2, 0) is 11.3 Å². The maximum absolute atomic E-state index is 12.4. The molecule has 134 valence electrons. The van der Waals surface area contributed by atoms with E-state index in [0.717, 1.165) is 27.0 Å². The van der Waals surface area contributed by atoms with Crippen molar-refractivity contribution in [1.82, 2.24) is 9.78 Å². The highest BCUT2D eigenvalue weighted by molar-refractivity contribution is 9.10. The highest BCUT2D eigenvalue weighted by Gasteiger charge is 2.15. The van der Waals surface area contributed by atoms with Gasteiger partial charge in [-0.3, -0.25) is 9.48 Å². The summed E-state index contributed by atoms with van der Waals surface area (Å²) >= 11 is 9.61. The van der Waals surface area contributed by atoms with Crippen molar-refractivity contribution in [1.29, 1.82) is 0 Å². The number of nitrogens with zero attached hydrogens (tertiary/aromatic N) is 2. The number of carbonyl (C=O) groups excluding carboxylic acids is 1. The Labute approximate surface area is 167 Å². The number of aromatic nitrogens is 2. The number of rotatable bonds is 6. The van der Waals surface area contributed by atoms with E-state index >= 15 is 0 Å². The van der Waals surface area contributed by atoms with E-state index in [-0.39, 0.29) is 12.3 Å². The van der Waals surface area contributed by atoms with E-state index in [4.69, 9.17) is 16.7 Å². The molecule has 0 saturated heterocycles. The molecule has 0 bridgehead atoms. The van der Waals surface area contributed by atoms with Crippen molar-refractivity contribution in [3.8, 4) is 22.5 Å². The highest BCUT2D eigenvalue weighted by atomic mass is 79.9. The number of hydrogen-bond donors (Lipinski definition) is 0. The van der Waals surface area contributed by atoms with Crippen LogP contribution < -0.4 is 0 Å². The fourth-order valence-electron chi connectivity index (χ4n) is 2.87. The van der Waals surface area contributed by atoms with Crippen LogP contribution in [0.25, 0.3) is 22.5 Å². The standard InChI is InChI=1S/C21H20BrClN2O/c1-14(2)10-19(26)13-25-21(16-4-3-5-18(23)11-16)12-20(24-25)15-6-8-17(22)9-7-15/h3-9,11-12,14H,10,13H2,1-2H3. The first-order valence-corrected chi connectivity index (χ1v) is 9.71. The number of carbonyl (C=O) groups is 1. The van der Waals surface area contributed by atoms with Crippen molar-refractivity contribution < 1.29 is 4.79 Å². The third-order valence-corrected chi connectivity index (χ3v) is 4.77. The topological polar surface area (TPSA) is 34.9 Å². The summed E-state index contributed by atoms with van der Waals surface area (Å²) in [6, 6.07) is 17.6. The Kier molecular flexibility index (Phi) is 5.94. The van der Waals surface area contributed by atoms with Crippen LogP contribution in [0.15, 0.2) is 59.1 Å². The van der Waals surface area contributed by atoms with Gasteiger partial charge in [-0.2, -0.15) is 5.10 Å². The van der Waals surface area contributed by atoms with E-state index in [0.29, 0.717) is 17.4 Å². The van der Waals surface area contributed by atoms with Crippen LogP contribution in [0.2, 0.25) is 5.02 Å². The summed E-state index contributed by atoms with van der Waals surface area (Å²) in [5, 5.41) is 5.36. The lowest BCUT2D eigenvalue weighted by atomic mass is 10.1. The van der Waals surface area contributed by atoms with Gasteiger partial charge in [-0.15, -0.1) is 0 Å². The van der Waals surface area contributed by atoms with E-state index in [2.05, 4.69) is 15.9 Å². The molecule has 0 aliphatic rings. The molecule has 0 amide bonds. The van der Waals surface area contributed by atoms with Crippen molar-refractivity contribution in [3.63, 3.8) is 0 Å². The molecule has 0 aliphatic carbocycles. The highest BCUT2D eigenvalue weighted by Crippen LogP contribution is 2.29. The minimum atomic E-state index is 0.175. The molecule has 3 aromatic rings. The van der Waals surface area contributed by atoms with Gasteiger partial charge in [0.1, 0.15) is 6.54 Å². The summed E-state index contributed by atoms with van der Waals surface area (Å²) in [5.41, 5.74) is 3.68. The van der Waals surface area contributed by atoms with Crippen molar-refractivity contribution in [2.75, 3.05) is 0 Å². The first kappa shape index (κ1) is 18.9. The first-order valence-electron chi connectivity index (χ1n) is 8.54. The number of benzene rings is 2. The molecule has 3 nitrogen and oxygen atoms in total. The van der Waals surface area contributed by atoms with Crippen molar-refractivity contribution in [3.05, 3.63) is 64.1 Å². The van der Waals surface area contributed by atoms with Gasteiger partial charge in [0.2, 0.25) is 0 Å². The molecule has 2 aromatic carbocycles. The quantitative estimate of drug-likeness (QED) is 0.462. The molecule has 26 heavy (non-hydrogen) atoms. The largest absolute Gasteiger partial charge is 0.298 e. The second kappa shape index (κ2) is 8.19. The van der Waals surface area contributed by atoms with Gasteiger partial charge in [0.05, 0.1) is 11.4 Å². The Morgan fingerprint density at radius 1 is 1.12 bits per heavy atom. The zero-order valence-electron chi connectivity index (χ0n) is 14.7. The molecular weight excluding hydrogens is 412 g/mol. The Balaban J connectivity index is 2.02. The average molecular weight is 432 g/mol. The maximum atomic E-state index is 12.4. The second-order valence-corrected chi connectivity index (χ2v) is 8.08. The molecule has 0 spiro atoms. The number of Topliss-reactive ketones (excluding diaryl/α,β-unsaturated/α-hetero) is 1. The fraction of sp³-hybridized carbons (Fsp3) is 0.238. The number of ketones is 1. The van der Waals surface area contributed by atoms with Crippen molar-refractivity contribution in [2.24, 2.45) is 5.92 Å². The molecule has 5 heteroatoms. The lowest BCUT2D eigenvalue weighted by Gasteiger charge is -2.08. The molecule has 3 rings (SSSR count). The lowest BCUT2D eigenvalue weighted by Crippen LogP contribution is -2.14. The van der Waals surface area contributed by atoms with E-state index in [1.165, 1.54) is 0 Å². The van der Waals surface area contributed by atoms with Crippen LogP contribution in [0.3, 0.4) is 0 Å². The summed E-state index contributed by atoms with van der Waals surface area (Å²) in [4.78, 5) is 12.4. The lowest BCUT2D eigenvalue weighted by molar-refractivity contribution is -0.120. The normalized spacial score (nSPS) is 11.1. The molecule has 0 fully saturated rings. The Hall–Kier alpha value is -1.91. The summed E-state index contributed by atoms with van der Waals surface area (Å²) in [6.07, 6.45) is 0.544. The zero-order valence-corrected chi connectivity index (χ0v) is 17.1. The van der Waals surface area contributed by atoms with Crippen LogP contribution in [0, 0.1) is 5.92 Å². The minimum Gasteiger partial charge on any atom is -0.298 e. The van der Waals surface area contributed by atoms with Gasteiger partial charge in [-0.25, -0.2) is 0 Å². The predicted octanol–water partition coefficient (Wildman–Crippen LogP) is 6.25. The summed E-state index contributed by atoms with van der Waals surface area (Å²) in [5.74, 6) is 0.507. The molecule has 0 N–H and O–H groups in total. The van der Waals surface area contributed by atoms with Crippen LogP contribution in [0.5, 0.6) is 0 Å². The van der Waals surface area contributed by atoms with Crippen LogP contribution >= 0.6 is 27.5 Å². The smallest absolute Gasteiger partial charge is 0.154 e. The van der Waals surface area contributed by atoms with Gasteiger partial charge < -0.3 is 0 Å². The van der Waals surface area contributed by atoms with E-state index in [1.54, 1.807) is 4.68 Å². The fourth-order valence-corrected chi connectivity index (χ4v) is 3.32. The van der Waals surface area contributed by atoms with E-state index < -0.39 is 0 Å². The molecule has 0 aliphatic heterocycles. The molecule has 0 unspecified atom stereocenters. The van der Waals surface area contributed by atoms with Crippen molar-refractivity contribution in [2.45, 2.75) is 26.8 Å². The summed E-state index contributed by atoms with van der Waals surface area (Å²) in [6.45, 7) is 4.36. The van der Waals surface area contributed by atoms with E-state index in [1.807, 2.05) is 68.4 Å². The Morgan fingerprint density at radius 2 is 1.85 bits per heavy atom. The average Bonchev–Trinajstić information content (AvgIpc) is 2.98. The van der Waals surface area contributed by atoms with Gasteiger partial charge in [0.15, 0.2) is 5.78 Å². The van der Waals surface area contributed by atoms with Gasteiger partial charge in [-0.1, -0.05) is 65.6 Å². The molecule has 0 radical (unpaired) electrons. The third kappa shape index (κ3) is 4.63. The molecule has 1 heterocycles. The minimum absolute atomic E-state index is 0.175. The predicted molar refractivity (Wildman–Crippen MR) is 110 cm³/mol. The van der Waals surface area contributed by atoms with E-state index in [9.17, 15) is 4.79 Å².